The molecule has 1 fully saturated rings. The summed E-state index contributed by atoms with van der Waals surface area (Å²) in [7, 11) is 0. The number of nitrogens with one attached hydrogen (secondary N) is 2. The van der Waals surface area contributed by atoms with Gasteiger partial charge in [0.2, 0.25) is 5.91 Å². The van der Waals surface area contributed by atoms with Crippen LogP contribution in [0.25, 0.3) is 0 Å². The first-order valence-corrected chi connectivity index (χ1v) is 6.66. The molecular formula is C15H20N2O2. The molecular weight excluding hydrogens is 240 g/mol. The molecule has 0 spiro atoms. The molecule has 19 heavy (non-hydrogen) atoms. The summed E-state index contributed by atoms with van der Waals surface area (Å²) in [6.07, 6.45) is 1.91. The summed E-state index contributed by atoms with van der Waals surface area (Å²) in [6.45, 7) is 6.36. The number of hydrogen-bond donors (Lipinski definition) is 2. The predicted molar refractivity (Wildman–Crippen MR) is 75.2 cm³/mol. The zero-order chi connectivity index (χ0) is 14.0. The van der Waals surface area contributed by atoms with Gasteiger partial charge >= 0.3 is 0 Å². The molecule has 0 bridgehead atoms. The maximum Gasteiger partial charge on any atom is 0.251 e. The second-order valence-corrected chi connectivity index (χ2v) is 5.40. The summed E-state index contributed by atoms with van der Waals surface area (Å²) in [5, 5.41) is 5.70. The van der Waals surface area contributed by atoms with Crippen molar-refractivity contribution < 1.29 is 9.59 Å². The molecule has 0 saturated heterocycles. The van der Waals surface area contributed by atoms with Crippen molar-refractivity contribution in [3.05, 3.63) is 29.3 Å². The summed E-state index contributed by atoms with van der Waals surface area (Å²) in [6, 6.07) is 5.34. The Bertz CT molecular complexity index is 519. The summed E-state index contributed by atoms with van der Waals surface area (Å²) < 4.78 is 0. The molecule has 0 unspecified atom stereocenters. The van der Waals surface area contributed by atoms with Gasteiger partial charge in [0.15, 0.2) is 0 Å². The van der Waals surface area contributed by atoms with Crippen molar-refractivity contribution in [1.82, 2.24) is 5.32 Å². The van der Waals surface area contributed by atoms with Crippen LogP contribution in [-0.4, -0.2) is 18.4 Å². The lowest BCUT2D eigenvalue weighted by Gasteiger charge is -2.13. The molecule has 0 heterocycles. The smallest absolute Gasteiger partial charge is 0.251 e. The lowest BCUT2D eigenvalue weighted by atomic mass is 10.1. The van der Waals surface area contributed by atoms with Crippen molar-refractivity contribution in [3.8, 4) is 0 Å². The quantitative estimate of drug-likeness (QED) is 0.873. The van der Waals surface area contributed by atoms with Crippen LogP contribution in [0.2, 0.25) is 0 Å². The van der Waals surface area contributed by atoms with Crippen LogP contribution in [0.15, 0.2) is 18.2 Å². The van der Waals surface area contributed by atoms with E-state index >= 15 is 0 Å². The highest BCUT2D eigenvalue weighted by atomic mass is 16.2. The number of rotatable bonds is 4. The molecule has 1 saturated carbocycles. The van der Waals surface area contributed by atoms with Crippen molar-refractivity contribution in [2.75, 3.05) is 11.9 Å². The van der Waals surface area contributed by atoms with Crippen molar-refractivity contribution in [2.24, 2.45) is 5.41 Å². The molecule has 0 aromatic heterocycles. The SMILES string of the molecule is CCNC(=O)c1ccc(NC(=O)C2(C)CC2)c(C)c1. The fraction of sp³-hybridized carbons (Fsp3) is 0.467. The molecule has 1 aromatic rings. The van der Waals surface area contributed by atoms with E-state index in [1.54, 1.807) is 18.2 Å². The van der Waals surface area contributed by atoms with Crippen LogP contribution in [-0.2, 0) is 4.79 Å². The van der Waals surface area contributed by atoms with Crippen LogP contribution in [0.5, 0.6) is 0 Å². The Hall–Kier alpha value is -1.84. The maximum absolute atomic E-state index is 12.0. The van der Waals surface area contributed by atoms with Gasteiger partial charge < -0.3 is 10.6 Å². The Morgan fingerprint density at radius 2 is 2.00 bits per heavy atom. The normalized spacial score (nSPS) is 15.7. The fourth-order valence-electron chi connectivity index (χ4n) is 1.90. The predicted octanol–water partition coefficient (Wildman–Crippen LogP) is 2.48. The monoisotopic (exact) mass is 260 g/mol. The van der Waals surface area contributed by atoms with E-state index in [0.29, 0.717) is 12.1 Å². The van der Waals surface area contributed by atoms with Crippen LogP contribution in [0.1, 0.15) is 42.6 Å². The number of benzene rings is 1. The van der Waals surface area contributed by atoms with Gasteiger partial charge in [0.25, 0.3) is 5.91 Å². The fourth-order valence-corrected chi connectivity index (χ4v) is 1.90. The third-order valence-corrected chi connectivity index (χ3v) is 3.62. The van der Waals surface area contributed by atoms with E-state index in [-0.39, 0.29) is 17.2 Å². The number of carbonyl (C=O) groups excluding carboxylic acids is 2. The molecule has 1 aromatic carbocycles. The number of anilines is 1. The Balaban J connectivity index is 2.11. The second-order valence-electron chi connectivity index (χ2n) is 5.40. The molecule has 0 aliphatic heterocycles. The zero-order valence-corrected chi connectivity index (χ0v) is 11.7. The molecule has 4 nitrogen and oxygen atoms in total. The zero-order valence-electron chi connectivity index (χ0n) is 11.7. The van der Waals surface area contributed by atoms with E-state index < -0.39 is 0 Å². The third kappa shape index (κ3) is 2.95. The lowest BCUT2D eigenvalue weighted by Crippen LogP contribution is -2.24. The van der Waals surface area contributed by atoms with Gasteiger partial charge in [-0.3, -0.25) is 9.59 Å². The minimum absolute atomic E-state index is 0.0707. The third-order valence-electron chi connectivity index (χ3n) is 3.62. The average Bonchev–Trinajstić information content (AvgIpc) is 3.11. The highest BCUT2D eigenvalue weighted by Gasteiger charge is 2.44. The lowest BCUT2D eigenvalue weighted by molar-refractivity contribution is -0.120. The number of hydrogen-bond acceptors (Lipinski definition) is 2. The van der Waals surface area contributed by atoms with Crippen molar-refractivity contribution >= 4 is 17.5 Å². The van der Waals surface area contributed by atoms with E-state index in [1.165, 1.54) is 0 Å². The van der Waals surface area contributed by atoms with Gasteiger partial charge in [0.1, 0.15) is 0 Å². The van der Waals surface area contributed by atoms with Crippen LogP contribution in [0.3, 0.4) is 0 Å². The van der Waals surface area contributed by atoms with Crippen molar-refractivity contribution in [2.45, 2.75) is 33.6 Å². The Morgan fingerprint density at radius 1 is 1.32 bits per heavy atom. The minimum atomic E-state index is -0.190. The number of amides is 2. The summed E-state index contributed by atoms with van der Waals surface area (Å²) in [4.78, 5) is 23.7. The molecule has 1 aliphatic rings. The van der Waals surface area contributed by atoms with Crippen LogP contribution in [0, 0.1) is 12.3 Å². The minimum Gasteiger partial charge on any atom is -0.352 e. The van der Waals surface area contributed by atoms with Gasteiger partial charge in [0.05, 0.1) is 0 Å². The standard InChI is InChI=1S/C15H20N2O2/c1-4-16-13(18)11-5-6-12(10(2)9-11)17-14(19)15(3)7-8-15/h5-6,9H,4,7-8H2,1-3H3,(H,16,18)(H,17,19). The first kappa shape index (κ1) is 13.6. The van der Waals surface area contributed by atoms with Crippen LogP contribution >= 0.6 is 0 Å². The molecule has 2 N–H and O–H groups in total. The van der Waals surface area contributed by atoms with E-state index in [2.05, 4.69) is 10.6 Å². The first-order valence-electron chi connectivity index (χ1n) is 6.66. The summed E-state index contributed by atoms with van der Waals surface area (Å²) >= 11 is 0. The van der Waals surface area contributed by atoms with Crippen molar-refractivity contribution in [3.63, 3.8) is 0 Å². The molecule has 1 aliphatic carbocycles. The van der Waals surface area contributed by atoms with Gasteiger partial charge in [0, 0.05) is 23.2 Å². The molecule has 0 atom stereocenters. The highest BCUT2D eigenvalue weighted by molar-refractivity contribution is 5.99. The van der Waals surface area contributed by atoms with Gasteiger partial charge in [-0.1, -0.05) is 6.92 Å². The summed E-state index contributed by atoms with van der Waals surface area (Å²) in [5.74, 6) is -0.0148. The largest absolute Gasteiger partial charge is 0.352 e. The summed E-state index contributed by atoms with van der Waals surface area (Å²) in [5.41, 5.74) is 2.12. The van der Waals surface area contributed by atoms with Gasteiger partial charge in [-0.05, 0) is 50.5 Å². The molecule has 102 valence electrons. The van der Waals surface area contributed by atoms with E-state index in [4.69, 9.17) is 0 Å². The Labute approximate surface area is 113 Å². The second kappa shape index (κ2) is 5.03. The van der Waals surface area contributed by atoms with Gasteiger partial charge in [-0.2, -0.15) is 0 Å². The number of aryl methyl sites for hydroxylation is 1. The first-order chi connectivity index (χ1) is 8.96. The van der Waals surface area contributed by atoms with Gasteiger partial charge in [-0.25, -0.2) is 0 Å². The average molecular weight is 260 g/mol. The topological polar surface area (TPSA) is 58.2 Å². The number of carbonyl (C=O) groups is 2. The van der Waals surface area contributed by atoms with Crippen LogP contribution < -0.4 is 10.6 Å². The molecule has 0 radical (unpaired) electrons. The van der Waals surface area contributed by atoms with Gasteiger partial charge in [-0.15, -0.1) is 0 Å². The Kier molecular flexibility index (Phi) is 3.60. The maximum atomic E-state index is 12.0. The van der Waals surface area contributed by atoms with E-state index in [0.717, 1.165) is 24.1 Å². The molecule has 2 amide bonds. The van der Waals surface area contributed by atoms with Crippen molar-refractivity contribution in [1.29, 1.82) is 0 Å². The van der Waals surface area contributed by atoms with E-state index in [1.807, 2.05) is 20.8 Å². The molecule has 4 heteroatoms. The molecule has 2 rings (SSSR count). The highest BCUT2D eigenvalue weighted by Crippen LogP contribution is 2.45. The van der Waals surface area contributed by atoms with Crippen LogP contribution in [0.4, 0.5) is 5.69 Å². The van der Waals surface area contributed by atoms with E-state index in [9.17, 15) is 9.59 Å². The Morgan fingerprint density at radius 3 is 2.53 bits per heavy atom.